The highest BCUT2D eigenvalue weighted by Gasteiger charge is 2.49. The van der Waals surface area contributed by atoms with Gasteiger partial charge in [-0.1, -0.05) is 91.0 Å². The third kappa shape index (κ3) is 5.71. The van der Waals surface area contributed by atoms with E-state index in [0.29, 0.717) is 19.8 Å². The molecule has 3 aromatic rings. The van der Waals surface area contributed by atoms with E-state index in [2.05, 4.69) is 77.7 Å². The van der Waals surface area contributed by atoms with Gasteiger partial charge in [-0.15, -0.1) is 0 Å². The summed E-state index contributed by atoms with van der Waals surface area (Å²) in [4.78, 5) is 2.53. The molecule has 0 radical (unpaired) electrons. The molecule has 0 aliphatic carbocycles. The van der Waals surface area contributed by atoms with Crippen molar-refractivity contribution in [3.05, 3.63) is 108 Å². The Morgan fingerprint density at radius 3 is 1.64 bits per heavy atom. The number of benzene rings is 3. The van der Waals surface area contributed by atoms with E-state index in [4.69, 9.17) is 14.2 Å². The molecule has 4 heteroatoms. The van der Waals surface area contributed by atoms with Gasteiger partial charge in [-0.2, -0.15) is 0 Å². The molecule has 2 fully saturated rings. The standard InChI is InChI=1S/C29H33NO3/c1-4-11-23(12-5-1)20-31-26-17-10-18-30-19-27(32-21-24-13-6-2-7-14-24)29(28(26)30)33-22-25-15-8-3-9-16-25/h1-9,11-16,26-29H,10,17-22H2/t26-,27+,28-,29+/m1/s1. The Bertz CT molecular complexity index is 966. The van der Waals surface area contributed by atoms with Crippen LogP contribution < -0.4 is 0 Å². The van der Waals surface area contributed by atoms with Crippen LogP contribution in [0.15, 0.2) is 91.0 Å². The van der Waals surface area contributed by atoms with E-state index in [9.17, 15) is 0 Å². The summed E-state index contributed by atoms with van der Waals surface area (Å²) in [6, 6.07) is 31.5. The molecule has 4 atom stereocenters. The highest BCUT2D eigenvalue weighted by atomic mass is 16.5. The van der Waals surface area contributed by atoms with Gasteiger partial charge in [0.2, 0.25) is 0 Å². The van der Waals surface area contributed by atoms with E-state index in [0.717, 1.165) is 25.9 Å². The number of rotatable bonds is 9. The highest BCUT2D eigenvalue weighted by molar-refractivity contribution is 5.16. The summed E-state index contributed by atoms with van der Waals surface area (Å²) in [5, 5.41) is 0. The molecule has 33 heavy (non-hydrogen) atoms. The zero-order valence-corrected chi connectivity index (χ0v) is 19.1. The fourth-order valence-corrected chi connectivity index (χ4v) is 5.09. The van der Waals surface area contributed by atoms with Gasteiger partial charge in [0.15, 0.2) is 0 Å². The normalized spacial score (nSPS) is 25.1. The van der Waals surface area contributed by atoms with E-state index in [-0.39, 0.29) is 24.4 Å². The first kappa shape index (κ1) is 22.3. The van der Waals surface area contributed by atoms with Crippen LogP contribution in [0, 0.1) is 0 Å². The number of nitrogens with zero attached hydrogens (tertiary/aromatic N) is 1. The molecule has 0 N–H and O–H groups in total. The lowest BCUT2D eigenvalue weighted by Gasteiger charge is -2.38. The maximum atomic E-state index is 6.60. The van der Waals surface area contributed by atoms with Crippen LogP contribution in [0.1, 0.15) is 29.5 Å². The zero-order valence-electron chi connectivity index (χ0n) is 19.1. The summed E-state index contributed by atoms with van der Waals surface area (Å²) in [6.07, 6.45) is 2.36. The second kappa shape index (κ2) is 11.1. The molecule has 0 aromatic heterocycles. The third-order valence-electron chi connectivity index (χ3n) is 6.75. The monoisotopic (exact) mass is 443 g/mol. The molecule has 0 amide bonds. The molecular weight excluding hydrogens is 410 g/mol. The highest BCUT2D eigenvalue weighted by Crippen LogP contribution is 2.34. The number of piperidine rings is 1. The van der Waals surface area contributed by atoms with Gasteiger partial charge in [0, 0.05) is 6.54 Å². The van der Waals surface area contributed by atoms with Crippen molar-refractivity contribution in [3.63, 3.8) is 0 Å². The lowest BCUT2D eigenvalue weighted by atomic mass is 9.96. The number of ether oxygens (including phenoxy) is 3. The smallest absolute Gasteiger partial charge is 0.103 e. The summed E-state index contributed by atoms with van der Waals surface area (Å²) in [5.74, 6) is 0. The van der Waals surface area contributed by atoms with Gasteiger partial charge in [-0.3, -0.25) is 4.90 Å². The lowest BCUT2D eigenvalue weighted by molar-refractivity contribution is -0.110. The van der Waals surface area contributed by atoms with Crippen molar-refractivity contribution < 1.29 is 14.2 Å². The predicted octanol–water partition coefficient (Wildman–Crippen LogP) is 5.22. The topological polar surface area (TPSA) is 30.9 Å². The maximum Gasteiger partial charge on any atom is 0.103 e. The van der Waals surface area contributed by atoms with E-state index in [1.54, 1.807) is 0 Å². The van der Waals surface area contributed by atoms with Gasteiger partial charge in [0.25, 0.3) is 0 Å². The van der Waals surface area contributed by atoms with Gasteiger partial charge in [0.1, 0.15) is 6.10 Å². The average Bonchev–Trinajstić information content (AvgIpc) is 3.25. The SMILES string of the molecule is c1ccc(CO[C@@H]2[C@H]3[C@H](OCc4ccccc4)CCCN3C[C@@H]2OCc2ccccc2)cc1. The molecule has 172 valence electrons. The summed E-state index contributed by atoms with van der Waals surface area (Å²) in [5.41, 5.74) is 3.60. The van der Waals surface area contributed by atoms with Crippen LogP contribution in [-0.4, -0.2) is 42.3 Å². The lowest BCUT2D eigenvalue weighted by Crippen LogP contribution is -2.51. The van der Waals surface area contributed by atoms with E-state index >= 15 is 0 Å². The molecule has 5 rings (SSSR count). The van der Waals surface area contributed by atoms with Gasteiger partial charge >= 0.3 is 0 Å². The number of fused-ring (bicyclic) bond motifs is 1. The van der Waals surface area contributed by atoms with Gasteiger partial charge < -0.3 is 14.2 Å². The number of hydrogen-bond acceptors (Lipinski definition) is 4. The Morgan fingerprint density at radius 1 is 0.606 bits per heavy atom. The molecule has 0 bridgehead atoms. The fraction of sp³-hybridized carbons (Fsp3) is 0.379. The summed E-state index contributed by atoms with van der Waals surface area (Å²) >= 11 is 0. The third-order valence-corrected chi connectivity index (χ3v) is 6.75. The van der Waals surface area contributed by atoms with Crippen molar-refractivity contribution in [1.82, 2.24) is 4.90 Å². The van der Waals surface area contributed by atoms with Crippen LogP contribution in [0.2, 0.25) is 0 Å². The second-order valence-electron chi connectivity index (χ2n) is 9.06. The first-order valence-electron chi connectivity index (χ1n) is 12.1. The van der Waals surface area contributed by atoms with E-state index < -0.39 is 0 Å². The zero-order chi connectivity index (χ0) is 22.3. The van der Waals surface area contributed by atoms with E-state index in [1.807, 2.05) is 18.2 Å². The second-order valence-corrected chi connectivity index (χ2v) is 9.06. The van der Waals surface area contributed by atoms with E-state index in [1.165, 1.54) is 16.7 Å². The molecule has 2 aliphatic rings. The molecular formula is C29H33NO3. The van der Waals surface area contributed by atoms with Crippen LogP contribution in [0.4, 0.5) is 0 Å². The fourth-order valence-electron chi connectivity index (χ4n) is 5.09. The Hall–Kier alpha value is -2.50. The maximum absolute atomic E-state index is 6.60. The predicted molar refractivity (Wildman–Crippen MR) is 130 cm³/mol. The minimum absolute atomic E-state index is 0.0185. The van der Waals surface area contributed by atoms with Gasteiger partial charge in [-0.25, -0.2) is 0 Å². The molecule has 2 saturated heterocycles. The molecule has 2 aliphatic heterocycles. The largest absolute Gasteiger partial charge is 0.372 e. The van der Waals surface area contributed by atoms with Crippen molar-refractivity contribution in [2.45, 2.75) is 57.0 Å². The first-order valence-corrected chi connectivity index (χ1v) is 12.1. The summed E-state index contributed by atoms with van der Waals surface area (Å²) < 4.78 is 19.6. The number of hydrogen-bond donors (Lipinski definition) is 0. The first-order chi connectivity index (χ1) is 16.4. The Morgan fingerprint density at radius 2 is 1.09 bits per heavy atom. The van der Waals surface area contributed by atoms with Gasteiger partial charge in [-0.05, 0) is 36.1 Å². The van der Waals surface area contributed by atoms with Crippen LogP contribution in [0.5, 0.6) is 0 Å². The van der Waals surface area contributed by atoms with Crippen molar-refractivity contribution in [1.29, 1.82) is 0 Å². The summed E-state index contributed by atoms with van der Waals surface area (Å²) in [6.45, 7) is 3.80. The van der Waals surface area contributed by atoms with Crippen LogP contribution in [0.3, 0.4) is 0 Å². The van der Waals surface area contributed by atoms with Crippen molar-refractivity contribution in [2.24, 2.45) is 0 Å². The molecule has 2 heterocycles. The van der Waals surface area contributed by atoms with Crippen molar-refractivity contribution in [3.8, 4) is 0 Å². The van der Waals surface area contributed by atoms with Crippen LogP contribution in [-0.2, 0) is 34.0 Å². The molecule has 4 nitrogen and oxygen atoms in total. The Balaban J connectivity index is 1.30. The van der Waals surface area contributed by atoms with Crippen LogP contribution in [0.25, 0.3) is 0 Å². The molecule has 3 aromatic carbocycles. The molecule has 0 saturated carbocycles. The van der Waals surface area contributed by atoms with Gasteiger partial charge in [0.05, 0.1) is 38.1 Å². The van der Waals surface area contributed by atoms with Crippen molar-refractivity contribution in [2.75, 3.05) is 13.1 Å². The quantitative estimate of drug-likeness (QED) is 0.454. The Kier molecular flexibility index (Phi) is 7.49. The van der Waals surface area contributed by atoms with Crippen molar-refractivity contribution >= 4 is 0 Å². The summed E-state index contributed by atoms with van der Waals surface area (Å²) in [7, 11) is 0. The molecule has 0 spiro atoms. The minimum Gasteiger partial charge on any atom is -0.372 e. The molecule has 0 unspecified atom stereocenters. The Labute approximate surface area is 197 Å². The van der Waals surface area contributed by atoms with Crippen LogP contribution >= 0.6 is 0 Å². The average molecular weight is 444 g/mol. The minimum atomic E-state index is -0.0185.